The van der Waals surface area contributed by atoms with Crippen molar-refractivity contribution in [2.24, 2.45) is 16.7 Å². The lowest BCUT2D eigenvalue weighted by molar-refractivity contribution is -0.168. The van der Waals surface area contributed by atoms with Gasteiger partial charge in [0.15, 0.2) is 0 Å². The first-order chi connectivity index (χ1) is 29.0. The first kappa shape index (κ1) is 43.7. The number of hydrogen-bond donors (Lipinski definition) is 2. The van der Waals surface area contributed by atoms with Gasteiger partial charge in [-0.1, -0.05) is 135 Å². The number of carbonyl (C=O) groups excluding carboxylic acids is 2. The fourth-order valence-corrected chi connectivity index (χ4v) is 9.77. The Labute approximate surface area is 356 Å². The minimum atomic E-state index is -0.929. The number of benzene rings is 4. The molecule has 4 atom stereocenters. The van der Waals surface area contributed by atoms with E-state index in [1.807, 2.05) is 45.0 Å². The van der Waals surface area contributed by atoms with Crippen LogP contribution in [-0.2, 0) is 19.1 Å². The van der Waals surface area contributed by atoms with E-state index in [1.165, 1.54) is 22.3 Å². The molecular formula is C50H64N4O6. The molecule has 0 unspecified atom stereocenters. The Kier molecular flexibility index (Phi) is 14.5. The van der Waals surface area contributed by atoms with Gasteiger partial charge in [0, 0.05) is 65.4 Å². The normalized spacial score (nSPS) is 22.8. The number of esters is 2. The smallest absolute Gasteiger partial charge is 0.312 e. The Morgan fingerprint density at radius 1 is 0.567 bits per heavy atom. The van der Waals surface area contributed by atoms with Crippen LogP contribution in [0.3, 0.4) is 0 Å². The number of ether oxygens (including phenoxy) is 2. The highest BCUT2D eigenvalue weighted by atomic mass is 16.5. The zero-order chi connectivity index (χ0) is 42.1. The second kappa shape index (κ2) is 20.0. The standard InChI is InChI=1S/C50H64N4O6/c1-49(2)44(47(57)59-36-42(55)34-51-26-30-53(31-27-51)45(38-16-8-4-9-17-38)39-18-10-5-11-19-39)24-25-50(49,3)48(58)60-37-43(56)35-52-28-32-54(33-29-52)46(40-20-12-6-13-21-40)41-22-14-7-15-23-41/h4-23,42-46,55-56H,24-37H2,1-3H3/t42-,43-,44-,50-/m1/s1. The van der Waals surface area contributed by atoms with Crippen LogP contribution in [0.2, 0.25) is 0 Å². The monoisotopic (exact) mass is 816 g/mol. The summed E-state index contributed by atoms with van der Waals surface area (Å²) in [5, 5.41) is 22.0. The summed E-state index contributed by atoms with van der Waals surface area (Å²) in [5.74, 6) is -1.31. The SMILES string of the molecule is CC1(C)[C@@H](C(=O)OC[C@H](O)CN2CCN(C(c3ccccc3)c3ccccc3)CC2)CC[C@]1(C)C(=O)OC[C@H](O)CN1CCN(C(c2ccccc2)c2ccccc2)CC1. The molecular weight excluding hydrogens is 753 g/mol. The molecule has 60 heavy (non-hydrogen) atoms. The third-order valence-electron chi connectivity index (χ3n) is 13.7. The lowest BCUT2D eigenvalue weighted by Crippen LogP contribution is -2.50. The Balaban J connectivity index is 0.835. The van der Waals surface area contributed by atoms with Gasteiger partial charge in [-0.05, 0) is 47.4 Å². The summed E-state index contributed by atoms with van der Waals surface area (Å²) in [6.45, 7) is 12.9. The largest absolute Gasteiger partial charge is 0.463 e. The lowest BCUT2D eigenvalue weighted by atomic mass is 9.65. The summed E-state index contributed by atoms with van der Waals surface area (Å²) in [5.41, 5.74) is 3.38. The van der Waals surface area contributed by atoms with Crippen molar-refractivity contribution in [3.8, 4) is 0 Å². The molecule has 0 aromatic heterocycles. The van der Waals surface area contributed by atoms with E-state index in [4.69, 9.17) is 9.47 Å². The first-order valence-electron chi connectivity index (χ1n) is 21.9. The first-order valence-corrected chi connectivity index (χ1v) is 21.9. The molecule has 0 spiro atoms. The van der Waals surface area contributed by atoms with Crippen LogP contribution in [0.25, 0.3) is 0 Å². The molecule has 2 heterocycles. The summed E-state index contributed by atoms with van der Waals surface area (Å²) in [4.78, 5) is 36.7. The molecule has 2 saturated heterocycles. The quantitative estimate of drug-likeness (QED) is 0.130. The summed E-state index contributed by atoms with van der Waals surface area (Å²) in [7, 11) is 0. The second-order valence-electron chi connectivity index (χ2n) is 17.8. The highest BCUT2D eigenvalue weighted by Gasteiger charge is 2.59. The molecule has 0 bridgehead atoms. The van der Waals surface area contributed by atoms with Crippen LogP contribution in [0.4, 0.5) is 0 Å². The predicted molar refractivity (Wildman–Crippen MR) is 234 cm³/mol. The van der Waals surface area contributed by atoms with Gasteiger partial charge in [-0.15, -0.1) is 0 Å². The predicted octanol–water partition coefficient (Wildman–Crippen LogP) is 6.05. The van der Waals surface area contributed by atoms with Crippen LogP contribution >= 0.6 is 0 Å². The van der Waals surface area contributed by atoms with Crippen LogP contribution in [0.1, 0.15) is 68.0 Å². The molecule has 2 aliphatic heterocycles. The van der Waals surface area contributed by atoms with Crippen molar-refractivity contribution < 1.29 is 29.3 Å². The number of aliphatic hydroxyl groups is 2. The van der Waals surface area contributed by atoms with Crippen molar-refractivity contribution in [3.63, 3.8) is 0 Å². The molecule has 10 nitrogen and oxygen atoms in total. The van der Waals surface area contributed by atoms with E-state index in [9.17, 15) is 19.8 Å². The van der Waals surface area contributed by atoms with Crippen molar-refractivity contribution in [1.82, 2.24) is 19.6 Å². The maximum Gasteiger partial charge on any atom is 0.312 e. The minimum absolute atomic E-state index is 0.0942. The summed E-state index contributed by atoms with van der Waals surface area (Å²) in [6.07, 6.45) is -0.689. The molecule has 3 fully saturated rings. The van der Waals surface area contributed by atoms with Gasteiger partial charge in [0.05, 0.1) is 23.4 Å². The van der Waals surface area contributed by atoms with Crippen LogP contribution in [0.5, 0.6) is 0 Å². The zero-order valence-electron chi connectivity index (χ0n) is 35.6. The highest BCUT2D eigenvalue weighted by molar-refractivity contribution is 5.82. The van der Waals surface area contributed by atoms with Gasteiger partial charge in [0.25, 0.3) is 0 Å². The molecule has 2 N–H and O–H groups in total. The summed E-state index contributed by atoms with van der Waals surface area (Å²) < 4.78 is 11.5. The topological polar surface area (TPSA) is 106 Å². The molecule has 4 aromatic rings. The van der Waals surface area contributed by atoms with Gasteiger partial charge in [0.1, 0.15) is 25.4 Å². The number of piperazine rings is 2. The van der Waals surface area contributed by atoms with E-state index < -0.39 is 40.9 Å². The van der Waals surface area contributed by atoms with Gasteiger partial charge in [-0.3, -0.25) is 29.2 Å². The Hall–Kier alpha value is -4.42. The molecule has 7 rings (SSSR count). The fourth-order valence-electron chi connectivity index (χ4n) is 9.77. The maximum atomic E-state index is 13.7. The molecule has 3 aliphatic rings. The second-order valence-corrected chi connectivity index (χ2v) is 17.8. The number of aliphatic hydroxyl groups excluding tert-OH is 2. The van der Waals surface area contributed by atoms with Crippen molar-refractivity contribution >= 4 is 11.9 Å². The Bertz CT molecular complexity index is 1860. The fraction of sp³-hybridized carbons (Fsp3) is 0.480. The average Bonchev–Trinajstić information content (AvgIpc) is 3.53. The van der Waals surface area contributed by atoms with E-state index in [2.05, 4.69) is 117 Å². The number of nitrogens with zero attached hydrogens (tertiary/aromatic N) is 4. The van der Waals surface area contributed by atoms with Crippen molar-refractivity contribution in [2.75, 3.05) is 78.7 Å². The molecule has 10 heteroatoms. The van der Waals surface area contributed by atoms with Gasteiger partial charge in [0.2, 0.25) is 0 Å². The van der Waals surface area contributed by atoms with Crippen LogP contribution in [0, 0.1) is 16.7 Å². The van der Waals surface area contributed by atoms with Gasteiger partial charge < -0.3 is 19.7 Å². The zero-order valence-corrected chi connectivity index (χ0v) is 35.6. The Morgan fingerprint density at radius 2 is 0.917 bits per heavy atom. The number of rotatable bonds is 16. The van der Waals surface area contributed by atoms with Crippen molar-refractivity contribution in [2.45, 2.75) is 57.9 Å². The third-order valence-corrected chi connectivity index (χ3v) is 13.7. The Morgan fingerprint density at radius 3 is 1.28 bits per heavy atom. The third kappa shape index (κ3) is 10.2. The number of β-amino-alcohol motifs (C(OH)–C–C–N with tert-alkyl or cyclic N) is 2. The average molecular weight is 817 g/mol. The van der Waals surface area contributed by atoms with Crippen LogP contribution < -0.4 is 0 Å². The van der Waals surface area contributed by atoms with Crippen molar-refractivity contribution in [1.29, 1.82) is 0 Å². The van der Waals surface area contributed by atoms with Gasteiger partial charge in [-0.2, -0.15) is 0 Å². The molecule has 1 aliphatic carbocycles. The van der Waals surface area contributed by atoms with Crippen LogP contribution in [-0.4, -0.2) is 133 Å². The van der Waals surface area contributed by atoms with E-state index in [0.29, 0.717) is 25.9 Å². The minimum Gasteiger partial charge on any atom is -0.463 e. The molecule has 4 aromatic carbocycles. The molecule has 320 valence electrons. The van der Waals surface area contributed by atoms with E-state index in [0.717, 1.165) is 52.4 Å². The highest BCUT2D eigenvalue weighted by Crippen LogP contribution is 2.57. The van der Waals surface area contributed by atoms with E-state index in [1.54, 1.807) is 0 Å². The molecule has 1 saturated carbocycles. The summed E-state index contributed by atoms with van der Waals surface area (Å²) >= 11 is 0. The van der Waals surface area contributed by atoms with Gasteiger partial charge >= 0.3 is 11.9 Å². The van der Waals surface area contributed by atoms with Crippen molar-refractivity contribution in [3.05, 3.63) is 144 Å². The lowest BCUT2D eigenvalue weighted by Gasteiger charge is -2.40. The van der Waals surface area contributed by atoms with E-state index in [-0.39, 0.29) is 25.3 Å². The maximum absolute atomic E-state index is 13.7. The molecule has 0 amide bonds. The number of carbonyl (C=O) groups is 2. The van der Waals surface area contributed by atoms with E-state index >= 15 is 0 Å². The van der Waals surface area contributed by atoms with Gasteiger partial charge in [-0.25, -0.2) is 0 Å². The number of hydrogen-bond acceptors (Lipinski definition) is 10. The summed E-state index contributed by atoms with van der Waals surface area (Å²) in [6, 6.07) is 42.7. The van der Waals surface area contributed by atoms with Crippen LogP contribution in [0.15, 0.2) is 121 Å². The molecule has 0 radical (unpaired) electrons.